The number of nitrogens with two attached hydrogens (primary N) is 1. The molecule has 2 fully saturated rings. The lowest BCUT2D eigenvalue weighted by Gasteiger charge is -2.35. The van der Waals surface area contributed by atoms with Crippen molar-refractivity contribution >= 4 is 5.91 Å². The minimum atomic E-state index is -0.354. The molecule has 0 spiro atoms. The maximum Gasteiger partial charge on any atom is 0.239 e. The highest BCUT2D eigenvalue weighted by molar-refractivity contribution is 5.73. The molecule has 26 heavy (non-hydrogen) atoms. The number of likely N-dealkylation sites (tertiary alicyclic amines) is 1. The number of aryl methyl sites for hydroxylation is 1. The molecule has 0 aromatic carbocycles. The zero-order chi connectivity index (χ0) is 18.8. The number of piperidine rings is 1. The highest BCUT2D eigenvalue weighted by Gasteiger charge is 2.23. The van der Waals surface area contributed by atoms with Gasteiger partial charge in [-0.2, -0.15) is 0 Å². The Hall–Kier alpha value is -1.34. The minimum absolute atomic E-state index is 0.208. The van der Waals surface area contributed by atoms with Crippen molar-refractivity contribution in [2.75, 3.05) is 32.8 Å². The summed E-state index contributed by atoms with van der Waals surface area (Å²) in [6.45, 7) is 8.15. The van der Waals surface area contributed by atoms with Gasteiger partial charge in [0.05, 0.1) is 6.61 Å². The molecule has 1 atom stereocenters. The number of nitrogens with zero attached hydrogens (tertiary/aromatic N) is 4. The van der Waals surface area contributed by atoms with E-state index in [-0.39, 0.29) is 12.5 Å². The molecule has 150 valence electrons. The summed E-state index contributed by atoms with van der Waals surface area (Å²) in [6, 6.07) is 0. The predicted molar refractivity (Wildman–Crippen MR) is 103 cm³/mol. The summed E-state index contributed by atoms with van der Waals surface area (Å²) < 4.78 is 7.20. The Balaban J connectivity index is 0.000000228. The lowest BCUT2D eigenvalue weighted by Crippen LogP contribution is -2.40. The smallest absolute Gasteiger partial charge is 0.239 e. The van der Waals surface area contributed by atoms with E-state index in [9.17, 15) is 4.79 Å². The van der Waals surface area contributed by atoms with Crippen LogP contribution in [0.4, 0.5) is 0 Å². The molecular formula is C19H37N5O2. The number of primary amides is 1. The zero-order valence-electron chi connectivity index (χ0n) is 16.6. The van der Waals surface area contributed by atoms with Crippen LogP contribution in [0.1, 0.15) is 51.9 Å². The van der Waals surface area contributed by atoms with Crippen LogP contribution in [-0.2, 0) is 23.1 Å². The first-order valence-corrected chi connectivity index (χ1v) is 10.2. The van der Waals surface area contributed by atoms with Crippen LogP contribution in [0.2, 0.25) is 0 Å². The summed E-state index contributed by atoms with van der Waals surface area (Å²) in [7, 11) is 1.74. The second-order valence-electron chi connectivity index (χ2n) is 7.72. The summed E-state index contributed by atoms with van der Waals surface area (Å²) in [6.07, 6.45) is 11.7. The first-order chi connectivity index (χ1) is 12.6. The molecule has 2 aliphatic rings. The lowest BCUT2D eigenvalue weighted by molar-refractivity contribution is -0.119. The molecule has 2 heterocycles. The van der Waals surface area contributed by atoms with E-state index >= 15 is 0 Å². The molecule has 3 rings (SSSR count). The molecule has 2 N–H and O–H groups in total. The van der Waals surface area contributed by atoms with Gasteiger partial charge in [-0.15, -0.1) is 5.10 Å². The standard InChI is InChI=1S/C15H29NO.C4H8N4O/c1-2-17-13-15-9-6-10-16(12-15)11-14-7-4-3-5-8-14;1-7-6-3-8(7)2-4(5)9/h14-15H,2-13H2,1H3;3H,2H2,1H3,(H2,5,9). The molecule has 0 bridgehead atoms. The Labute approximate surface area is 157 Å². The molecule has 7 nitrogen and oxygen atoms in total. The van der Waals surface area contributed by atoms with Gasteiger partial charge in [0.15, 0.2) is 0 Å². The molecular weight excluding hydrogens is 330 g/mol. The number of aromatic nitrogens is 3. The normalized spacial score (nSPS) is 22.0. The van der Waals surface area contributed by atoms with Crippen molar-refractivity contribution in [1.82, 2.24) is 19.5 Å². The number of carbonyl (C=O) groups excluding carboxylic acids is 1. The Kier molecular flexibility index (Phi) is 9.18. The number of ether oxygens (including phenoxy) is 1. The third-order valence-corrected chi connectivity index (χ3v) is 5.44. The minimum Gasteiger partial charge on any atom is -0.381 e. The fraction of sp³-hybridized carbons (Fsp3) is 0.895. The van der Waals surface area contributed by atoms with Crippen LogP contribution < -0.4 is 5.73 Å². The first-order valence-electron chi connectivity index (χ1n) is 10.2. The highest BCUT2D eigenvalue weighted by atomic mass is 16.5. The van der Waals surface area contributed by atoms with Crippen LogP contribution in [-0.4, -0.2) is 58.2 Å². The van der Waals surface area contributed by atoms with E-state index in [1.54, 1.807) is 22.9 Å². The largest absolute Gasteiger partial charge is 0.381 e. The monoisotopic (exact) mass is 367 g/mol. The number of hydrogen-bond acceptors (Lipinski definition) is 4. The highest BCUT2D eigenvalue weighted by Crippen LogP contribution is 2.26. The van der Waals surface area contributed by atoms with Crippen molar-refractivity contribution in [3.8, 4) is 0 Å². The SMILES string of the molecule is CCOCC1CCCN(CC2CCCCC2)C1.Cn1ncn1CC(N)=O. The number of carbonyl (C=O) groups is 1. The first kappa shape index (κ1) is 21.0. The van der Waals surface area contributed by atoms with Crippen LogP contribution >= 0.6 is 0 Å². The van der Waals surface area contributed by atoms with Gasteiger partial charge < -0.3 is 15.4 Å². The van der Waals surface area contributed by atoms with Gasteiger partial charge in [-0.3, -0.25) is 4.79 Å². The van der Waals surface area contributed by atoms with Crippen molar-refractivity contribution in [2.24, 2.45) is 24.6 Å². The second kappa shape index (κ2) is 11.4. The molecule has 1 unspecified atom stereocenters. The summed E-state index contributed by atoms with van der Waals surface area (Å²) in [5.74, 6) is 1.44. The van der Waals surface area contributed by atoms with Crippen molar-refractivity contribution in [1.29, 1.82) is 0 Å². The quantitative estimate of drug-likeness (QED) is 0.800. The van der Waals surface area contributed by atoms with Gasteiger partial charge >= 0.3 is 0 Å². The molecule has 1 aromatic heterocycles. The summed E-state index contributed by atoms with van der Waals surface area (Å²) in [4.78, 5) is 14.5. The Morgan fingerprint density at radius 3 is 2.46 bits per heavy atom. The van der Waals surface area contributed by atoms with Gasteiger partial charge in [0.25, 0.3) is 0 Å². The molecule has 7 heteroatoms. The van der Waals surface area contributed by atoms with Crippen molar-refractivity contribution < 1.29 is 9.53 Å². The zero-order valence-corrected chi connectivity index (χ0v) is 16.6. The molecule has 0 radical (unpaired) electrons. The van der Waals surface area contributed by atoms with E-state index in [4.69, 9.17) is 10.5 Å². The van der Waals surface area contributed by atoms with Crippen LogP contribution in [0.5, 0.6) is 0 Å². The summed E-state index contributed by atoms with van der Waals surface area (Å²) >= 11 is 0. The van der Waals surface area contributed by atoms with E-state index in [0.717, 1.165) is 25.0 Å². The molecule has 1 aliphatic heterocycles. The van der Waals surface area contributed by atoms with Crippen LogP contribution in [0.3, 0.4) is 0 Å². The molecule has 1 aromatic rings. The van der Waals surface area contributed by atoms with Crippen LogP contribution in [0.15, 0.2) is 6.33 Å². The van der Waals surface area contributed by atoms with Gasteiger partial charge in [0, 0.05) is 26.7 Å². The average molecular weight is 368 g/mol. The molecule has 1 aliphatic carbocycles. The van der Waals surface area contributed by atoms with E-state index in [1.165, 1.54) is 64.6 Å². The lowest BCUT2D eigenvalue weighted by atomic mass is 9.88. The fourth-order valence-corrected chi connectivity index (χ4v) is 4.00. The molecule has 1 saturated carbocycles. The van der Waals surface area contributed by atoms with Gasteiger partial charge in [-0.05, 0) is 51.0 Å². The van der Waals surface area contributed by atoms with Gasteiger partial charge in [-0.1, -0.05) is 19.3 Å². The van der Waals surface area contributed by atoms with E-state index in [1.807, 2.05) is 0 Å². The van der Waals surface area contributed by atoms with E-state index in [2.05, 4.69) is 16.9 Å². The van der Waals surface area contributed by atoms with Crippen molar-refractivity contribution in [3.05, 3.63) is 6.33 Å². The maximum absolute atomic E-state index is 10.2. The van der Waals surface area contributed by atoms with Gasteiger partial charge in [0.2, 0.25) is 5.91 Å². The van der Waals surface area contributed by atoms with Crippen molar-refractivity contribution in [2.45, 2.75) is 58.4 Å². The number of rotatable bonds is 7. The number of amides is 1. The predicted octanol–water partition coefficient (Wildman–Crippen LogP) is 2.02. The summed E-state index contributed by atoms with van der Waals surface area (Å²) in [5.41, 5.74) is 4.90. The second-order valence-corrected chi connectivity index (χ2v) is 7.72. The average Bonchev–Trinajstić information content (AvgIpc) is 2.65. The van der Waals surface area contributed by atoms with Gasteiger partial charge in [-0.25, -0.2) is 9.48 Å². The van der Waals surface area contributed by atoms with Crippen LogP contribution in [0.25, 0.3) is 0 Å². The number of hydrogen-bond donors (Lipinski definition) is 1. The maximum atomic E-state index is 10.2. The fourth-order valence-electron chi connectivity index (χ4n) is 4.00. The third kappa shape index (κ3) is 7.50. The Morgan fingerprint density at radius 1 is 1.19 bits per heavy atom. The third-order valence-electron chi connectivity index (χ3n) is 5.44. The molecule has 1 amide bonds. The Bertz CT molecular complexity index is 507. The van der Waals surface area contributed by atoms with E-state index in [0.29, 0.717) is 0 Å². The summed E-state index contributed by atoms with van der Waals surface area (Å²) in [5, 5.41) is 3.73. The van der Waals surface area contributed by atoms with Crippen molar-refractivity contribution in [3.63, 3.8) is 0 Å². The topological polar surface area (TPSA) is 78.3 Å². The van der Waals surface area contributed by atoms with E-state index < -0.39 is 0 Å². The van der Waals surface area contributed by atoms with Crippen LogP contribution in [0, 0.1) is 11.8 Å². The molecule has 1 saturated heterocycles. The Morgan fingerprint density at radius 2 is 1.92 bits per heavy atom. The van der Waals surface area contributed by atoms with Gasteiger partial charge in [0.1, 0.15) is 12.9 Å².